The Morgan fingerprint density at radius 3 is 1.96 bits per heavy atom. The monoisotopic (exact) mass is 453 g/mol. The lowest BCUT2D eigenvalue weighted by atomic mass is 9.92. The molecule has 0 bridgehead atoms. The van der Waals surface area contributed by atoms with Crippen molar-refractivity contribution in [3.63, 3.8) is 0 Å². The first kappa shape index (κ1) is 21.3. The van der Waals surface area contributed by atoms with Crippen LogP contribution in [0, 0.1) is 5.92 Å². The van der Waals surface area contributed by atoms with Gasteiger partial charge in [0.15, 0.2) is 5.92 Å². The number of carbonyl (C=O) groups is 2. The minimum Gasteiger partial charge on any atom is -0.465 e. The highest BCUT2D eigenvalue weighted by atomic mass is 79.9. The van der Waals surface area contributed by atoms with E-state index in [2.05, 4.69) is 21.2 Å². The molecule has 27 heavy (non-hydrogen) atoms. The van der Waals surface area contributed by atoms with E-state index in [0.717, 1.165) is 10.0 Å². The van der Waals surface area contributed by atoms with Crippen LogP contribution in [0.15, 0.2) is 53.0 Å². The van der Waals surface area contributed by atoms with Gasteiger partial charge in [-0.05, 0) is 55.8 Å². The highest BCUT2D eigenvalue weighted by Crippen LogP contribution is 2.30. The van der Waals surface area contributed by atoms with Crippen LogP contribution < -0.4 is 5.32 Å². The van der Waals surface area contributed by atoms with Crippen LogP contribution in [0.4, 0.5) is 5.69 Å². The number of hydrogen-bond acceptors (Lipinski definition) is 5. The van der Waals surface area contributed by atoms with Crippen LogP contribution in [-0.4, -0.2) is 25.2 Å². The van der Waals surface area contributed by atoms with Gasteiger partial charge in [0, 0.05) is 15.2 Å². The molecule has 7 heteroatoms. The first-order valence-corrected chi connectivity index (χ1v) is 9.74. The molecule has 144 valence electrons. The number of halogens is 2. The summed E-state index contributed by atoms with van der Waals surface area (Å²) in [5.74, 6) is -2.42. The Kier molecular flexibility index (Phi) is 8.13. The summed E-state index contributed by atoms with van der Waals surface area (Å²) < 4.78 is 11.2. The van der Waals surface area contributed by atoms with E-state index in [0.29, 0.717) is 10.7 Å². The van der Waals surface area contributed by atoms with Gasteiger partial charge in [0.25, 0.3) is 0 Å². The third kappa shape index (κ3) is 5.97. The van der Waals surface area contributed by atoms with Gasteiger partial charge in [-0.2, -0.15) is 0 Å². The van der Waals surface area contributed by atoms with Crippen molar-refractivity contribution in [3.8, 4) is 0 Å². The van der Waals surface area contributed by atoms with Crippen molar-refractivity contribution in [1.82, 2.24) is 0 Å². The van der Waals surface area contributed by atoms with Crippen LogP contribution in [0.2, 0.25) is 5.02 Å². The number of ether oxygens (including phenoxy) is 2. The predicted octanol–water partition coefficient (Wildman–Crippen LogP) is 5.00. The number of anilines is 1. The van der Waals surface area contributed by atoms with Gasteiger partial charge in [0.2, 0.25) is 0 Å². The predicted molar refractivity (Wildman–Crippen MR) is 109 cm³/mol. The van der Waals surface area contributed by atoms with Gasteiger partial charge in [-0.15, -0.1) is 0 Å². The molecule has 2 aromatic carbocycles. The summed E-state index contributed by atoms with van der Waals surface area (Å²) in [5, 5.41) is 3.84. The molecule has 0 spiro atoms. The summed E-state index contributed by atoms with van der Waals surface area (Å²) in [6.45, 7) is 3.73. The van der Waals surface area contributed by atoms with Crippen LogP contribution in [0.5, 0.6) is 0 Å². The van der Waals surface area contributed by atoms with Gasteiger partial charge in [0.05, 0.1) is 19.3 Å². The Hall–Kier alpha value is -2.05. The van der Waals surface area contributed by atoms with Crippen molar-refractivity contribution in [2.75, 3.05) is 18.5 Å². The average Bonchev–Trinajstić information content (AvgIpc) is 2.64. The van der Waals surface area contributed by atoms with Crippen LogP contribution in [-0.2, 0) is 19.1 Å². The quantitative estimate of drug-likeness (QED) is 0.449. The van der Waals surface area contributed by atoms with E-state index in [4.69, 9.17) is 21.1 Å². The number of nitrogens with one attached hydrogen (secondary N) is 1. The Balaban J connectivity index is 2.45. The molecular weight excluding hydrogens is 434 g/mol. The summed E-state index contributed by atoms with van der Waals surface area (Å²) in [7, 11) is 0. The fraction of sp³-hybridized carbons (Fsp3) is 0.300. The number of hydrogen-bond donors (Lipinski definition) is 1. The van der Waals surface area contributed by atoms with Crippen molar-refractivity contribution >= 4 is 45.2 Å². The van der Waals surface area contributed by atoms with Gasteiger partial charge >= 0.3 is 11.9 Å². The molecule has 2 aromatic rings. The number of benzene rings is 2. The first-order valence-electron chi connectivity index (χ1n) is 8.57. The van der Waals surface area contributed by atoms with E-state index in [-0.39, 0.29) is 13.2 Å². The van der Waals surface area contributed by atoms with E-state index in [1.807, 2.05) is 24.3 Å². The summed E-state index contributed by atoms with van der Waals surface area (Å²) in [6.07, 6.45) is 0. The molecule has 1 unspecified atom stereocenters. The Morgan fingerprint density at radius 1 is 0.963 bits per heavy atom. The summed E-state index contributed by atoms with van der Waals surface area (Å²) in [6, 6.07) is 13.7. The van der Waals surface area contributed by atoms with Gasteiger partial charge in [-0.25, -0.2) is 0 Å². The highest BCUT2D eigenvalue weighted by Gasteiger charge is 2.38. The molecule has 1 N–H and O–H groups in total. The van der Waals surface area contributed by atoms with Crippen molar-refractivity contribution in [2.24, 2.45) is 5.92 Å². The molecule has 0 fully saturated rings. The number of esters is 2. The van der Waals surface area contributed by atoms with E-state index in [1.165, 1.54) is 0 Å². The third-order valence-electron chi connectivity index (χ3n) is 3.81. The molecule has 0 aliphatic rings. The van der Waals surface area contributed by atoms with Crippen LogP contribution in [0.3, 0.4) is 0 Å². The van der Waals surface area contributed by atoms with E-state index in [1.54, 1.807) is 38.1 Å². The second kappa shape index (κ2) is 10.3. The summed E-state index contributed by atoms with van der Waals surface area (Å²) in [4.78, 5) is 25.2. The van der Waals surface area contributed by atoms with Crippen molar-refractivity contribution in [3.05, 3.63) is 63.6 Å². The molecule has 0 radical (unpaired) electrons. The number of rotatable bonds is 8. The van der Waals surface area contributed by atoms with E-state index in [9.17, 15) is 9.59 Å². The SMILES string of the molecule is CCOC(=O)C(C(=O)OCC)C(Nc1ccc(Cl)cc1)c1ccc(Br)cc1. The molecule has 0 heterocycles. The van der Waals surface area contributed by atoms with Gasteiger partial charge < -0.3 is 14.8 Å². The summed E-state index contributed by atoms with van der Waals surface area (Å²) >= 11 is 9.34. The second-order valence-electron chi connectivity index (χ2n) is 5.66. The second-order valence-corrected chi connectivity index (χ2v) is 7.01. The average molecular weight is 455 g/mol. The fourth-order valence-electron chi connectivity index (χ4n) is 2.59. The lowest BCUT2D eigenvalue weighted by Gasteiger charge is -2.26. The molecule has 0 saturated heterocycles. The maximum Gasteiger partial charge on any atom is 0.322 e. The number of carbonyl (C=O) groups excluding carboxylic acids is 2. The Bertz CT molecular complexity index is 747. The standard InChI is InChI=1S/C20H21BrClNO4/c1-3-26-19(24)17(20(25)27-4-2)18(13-5-7-14(21)8-6-13)23-16-11-9-15(22)10-12-16/h5-12,17-18,23H,3-4H2,1-2H3. The molecule has 5 nitrogen and oxygen atoms in total. The Labute approximate surface area is 172 Å². The maximum absolute atomic E-state index is 12.6. The van der Waals surface area contributed by atoms with Crippen LogP contribution in [0.1, 0.15) is 25.5 Å². The summed E-state index contributed by atoms with van der Waals surface area (Å²) in [5.41, 5.74) is 1.46. The van der Waals surface area contributed by atoms with Gasteiger partial charge in [-0.1, -0.05) is 39.7 Å². The molecule has 2 rings (SSSR count). The van der Waals surface area contributed by atoms with E-state index < -0.39 is 23.9 Å². The minimum atomic E-state index is -1.15. The van der Waals surface area contributed by atoms with Crippen molar-refractivity contribution in [2.45, 2.75) is 19.9 Å². The molecule has 0 aliphatic carbocycles. The van der Waals surface area contributed by atoms with Crippen molar-refractivity contribution in [1.29, 1.82) is 0 Å². The lowest BCUT2D eigenvalue weighted by Crippen LogP contribution is -2.36. The van der Waals surface area contributed by atoms with Gasteiger partial charge in [0.1, 0.15) is 0 Å². The lowest BCUT2D eigenvalue weighted by molar-refractivity contribution is -0.162. The molecule has 0 saturated carbocycles. The molecule has 0 aromatic heterocycles. The third-order valence-corrected chi connectivity index (χ3v) is 4.59. The van der Waals surface area contributed by atoms with Crippen LogP contribution >= 0.6 is 27.5 Å². The zero-order valence-electron chi connectivity index (χ0n) is 15.1. The largest absolute Gasteiger partial charge is 0.465 e. The van der Waals surface area contributed by atoms with Crippen LogP contribution in [0.25, 0.3) is 0 Å². The van der Waals surface area contributed by atoms with Gasteiger partial charge in [-0.3, -0.25) is 9.59 Å². The molecule has 0 aliphatic heterocycles. The zero-order valence-corrected chi connectivity index (χ0v) is 17.4. The smallest absolute Gasteiger partial charge is 0.322 e. The Morgan fingerprint density at radius 2 is 1.48 bits per heavy atom. The molecule has 1 atom stereocenters. The highest BCUT2D eigenvalue weighted by molar-refractivity contribution is 9.10. The zero-order chi connectivity index (χ0) is 19.8. The van der Waals surface area contributed by atoms with E-state index >= 15 is 0 Å². The molecule has 0 amide bonds. The molecular formula is C20H21BrClNO4. The van der Waals surface area contributed by atoms with Crippen molar-refractivity contribution < 1.29 is 19.1 Å². The topological polar surface area (TPSA) is 64.6 Å². The fourth-order valence-corrected chi connectivity index (χ4v) is 2.98. The first-order chi connectivity index (χ1) is 13.0. The normalized spacial score (nSPS) is 11.7. The minimum absolute atomic E-state index is 0.169. The maximum atomic E-state index is 12.6.